The Bertz CT molecular complexity index is 650. The molecule has 1 unspecified atom stereocenters. The molecule has 1 fully saturated rings. The van der Waals surface area contributed by atoms with Crippen LogP contribution in [0, 0.1) is 11.3 Å². The average Bonchev–Trinajstić information content (AvgIpc) is 2.88. The van der Waals surface area contributed by atoms with Gasteiger partial charge in [0.25, 0.3) is 0 Å². The lowest BCUT2D eigenvalue weighted by molar-refractivity contribution is 0.252. The Morgan fingerprint density at radius 2 is 2.14 bits per heavy atom. The van der Waals surface area contributed by atoms with Crippen LogP contribution in [0.3, 0.4) is 0 Å². The van der Waals surface area contributed by atoms with Gasteiger partial charge in [-0.25, -0.2) is 8.42 Å². The molecule has 21 heavy (non-hydrogen) atoms. The SMILES string of the molecule is CC(C)(C)C1CCN(S(=O)(=O)c2cccnc2C(N)=S)C1. The van der Waals surface area contributed by atoms with Crippen LogP contribution in [0.5, 0.6) is 0 Å². The predicted molar refractivity (Wildman–Crippen MR) is 86.4 cm³/mol. The van der Waals surface area contributed by atoms with Crippen molar-refractivity contribution in [3.8, 4) is 0 Å². The van der Waals surface area contributed by atoms with Crippen molar-refractivity contribution in [2.45, 2.75) is 32.1 Å². The Labute approximate surface area is 131 Å². The zero-order chi connectivity index (χ0) is 15.8. The normalized spacial score (nSPS) is 20.6. The third-order valence-electron chi connectivity index (χ3n) is 4.00. The molecule has 1 atom stereocenters. The van der Waals surface area contributed by atoms with E-state index >= 15 is 0 Å². The minimum absolute atomic E-state index is 0.000688. The summed E-state index contributed by atoms with van der Waals surface area (Å²) in [5.74, 6) is 0.345. The first kappa shape index (κ1) is 16.3. The second kappa shape index (κ2) is 5.62. The highest BCUT2D eigenvalue weighted by atomic mass is 32.2. The van der Waals surface area contributed by atoms with E-state index in [0.717, 1.165) is 6.42 Å². The summed E-state index contributed by atoms with van der Waals surface area (Å²) < 4.78 is 27.1. The fourth-order valence-electron chi connectivity index (χ4n) is 2.58. The van der Waals surface area contributed by atoms with Crippen LogP contribution in [0.4, 0.5) is 0 Å². The molecule has 0 aliphatic carbocycles. The molecule has 1 saturated heterocycles. The van der Waals surface area contributed by atoms with Gasteiger partial charge in [-0.1, -0.05) is 33.0 Å². The van der Waals surface area contributed by atoms with E-state index in [9.17, 15) is 8.42 Å². The molecular formula is C14H21N3O2S2. The van der Waals surface area contributed by atoms with E-state index < -0.39 is 10.0 Å². The molecule has 5 nitrogen and oxygen atoms in total. The van der Waals surface area contributed by atoms with Gasteiger partial charge in [0.2, 0.25) is 10.0 Å². The second-order valence-corrected chi connectivity index (χ2v) is 8.78. The van der Waals surface area contributed by atoms with Gasteiger partial charge < -0.3 is 5.73 Å². The summed E-state index contributed by atoms with van der Waals surface area (Å²) in [6, 6.07) is 3.10. The first-order valence-electron chi connectivity index (χ1n) is 6.89. The molecular weight excluding hydrogens is 306 g/mol. The van der Waals surface area contributed by atoms with Crippen LogP contribution in [0.25, 0.3) is 0 Å². The minimum Gasteiger partial charge on any atom is -0.388 e. The van der Waals surface area contributed by atoms with Crippen molar-refractivity contribution in [2.24, 2.45) is 17.1 Å². The van der Waals surface area contributed by atoms with Gasteiger partial charge >= 0.3 is 0 Å². The van der Waals surface area contributed by atoms with Crippen molar-refractivity contribution < 1.29 is 8.42 Å². The fraction of sp³-hybridized carbons (Fsp3) is 0.571. The lowest BCUT2D eigenvalue weighted by atomic mass is 9.80. The molecule has 0 bridgehead atoms. The van der Waals surface area contributed by atoms with E-state index in [1.54, 1.807) is 6.07 Å². The van der Waals surface area contributed by atoms with Crippen molar-refractivity contribution in [3.63, 3.8) is 0 Å². The number of aromatic nitrogens is 1. The molecule has 0 radical (unpaired) electrons. The van der Waals surface area contributed by atoms with Crippen LogP contribution in [0.1, 0.15) is 32.9 Å². The van der Waals surface area contributed by atoms with Crippen LogP contribution in [-0.2, 0) is 10.0 Å². The average molecular weight is 327 g/mol. The molecule has 1 aliphatic rings. The standard InChI is InChI=1S/C14H21N3O2S2/c1-14(2,3)10-6-8-17(9-10)21(18,19)11-5-4-7-16-12(11)13(15)20/h4-5,7,10H,6,8-9H2,1-3H3,(H2,15,20). The van der Waals surface area contributed by atoms with E-state index in [4.69, 9.17) is 18.0 Å². The van der Waals surface area contributed by atoms with Gasteiger partial charge in [-0.15, -0.1) is 0 Å². The summed E-state index contributed by atoms with van der Waals surface area (Å²) in [4.78, 5) is 4.12. The Morgan fingerprint density at radius 1 is 1.48 bits per heavy atom. The molecule has 116 valence electrons. The predicted octanol–water partition coefficient (Wildman–Crippen LogP) is 1.77. The number of nitrogens with two attached hydrogens (primary N) is 1. The van der Waals surface area contributed by atoms with Gasteiger partial charge in [0.15, 0.2) is 0 Å². The maximum atomic E-state index is 12.8. The van der Waals surface area contributed by atoms with E-state index in [-0.39, 0.29) is 21.0 Å². The van der Waals surface area contributed by atoms with Crippen LogP contribution in [0.15, 0.2) is 23.2 Å². The number of hydrogen-bond donors (Lipinski definition) is 1. The van der Waals surface area contributed by atoms with E-state index in [2.05, 4.69) is 25.8 Å². The third kappa shape index (κ3) is 3.25. The van der Waals surface area contributed by atoms with Gasteiger partial charge in [0.05, 0.1) is 0 Å². The molecule has 0 amide bonds. The summed E-state index contributed by atoms with van der Waals surface area (Å²) >= 11 is 4.91. The maximum absolute atomic E-state index is 12.8. The first-order chi connectivity index (χ1) is 9.64. The van der Waals surface area contributed by atoms with Crippen LogP contribution >= 0.6 is 12.2 Å². The quantitative estimate of drug-likeness (QED) is 0.856. The van der Waals surface area contributed by atoms with E-state index in [1.807, 2.05) is 0 Å². The minimum atomic E-state index is -3.60. The van der Waals surface area contributed by atoms with Crippen LogP contribution in [0.2, 0.25) is 0 Å². The lowest BCUT2D eigenvalue weighted by Crippen LogP contribution is -2.32. The van der Waals surface area contributed by atoms with Crippen molar-refractivity contribution in [3.05, 3.63) is 24.0 Å². The molecule has 1 aromatic heterocycles. The highest BCUT2D eigenvalue weighted by Gasteiger charge is 2.38. The van der Waals surface area contributed by atoms with Crippen LogP contribution < -0.4 is 5.73 Å². The molecule has 1 aliphatic heterocycles. The lowest BCUT2D eigenvalue weighted by Gasteiger charge is -2.27. The Morgan fingerprint density at radius 3 is 2.67 bits per heavy atom. The van der Waals surface area contributed by atoms with Gasteiger partial charge in [-0.3, -0.25) is 4.98 Å². The molecule has 2 heterocycles. The molecule has 2 rings (SSSR count). The summed E-state index contributed by atoms with van der Waals surface area (Å²) in [5.41, 5.74) is 5.85. The van der Waals surface area contributed by atoms with Crippen molar-refractivity contribution >= 4 is 27.2 Å². The summed E-state index contributed by atoms with van der Waals surface area (Å²) in [6.07, 6.45) is 2.36. The van der Waals surface area contributed by atoms with Crippen molar-refractivity contribution in [1.82, 2.24) is 9.29 Å². The number of pyridine rings is 1. The van der Waals surface area contributed by atoms with Gasteiger partial charge in [-0.05, 0) is 29.9 Å². The zero-order valence-corrected chi connectivity index (χ0v) is 14.2. The smallest absolute Gasteiger partial charge is 0.245 e. The van der Waals surface area contributed by atoms with Gasteiger partial charge in [0.1, 0.15) is 15.6 Å². The van der Waals surface area contributed by atoms with Crippen molar-refractivity contribution in [2.75, 3.05) is 13.1 Å². The fourth-order valence-corrected chi connectivity index (χ4v) is 4.46. The zero-order valence-electron chi connectivity index (χ0n) is 12.5. The summed E-state index contributed by atoms with van der Waals surface area (Å²) in [6.45, 7) is 7.46. The van der Waals surface area contributed by atoms with E-state index in [1.165, 1.54) is 16.6 Å². The highest BCUT2D eigenvalue weighted by Crippen LogP contribution is 2.36. The maximum Gasteiger partial charge on any atom is 0.245 e. The topological polar surface area (TPSA) is 76.3 Å². The molecule has 0 aromatic carbocycles. The summed E-state index contributed by atoms with van der Waals surface area (Å²) in [5, 5.41) is 0. The number of thiocarbonyl (C=S) groups is 1. The summed E-state index contributed by atoms with van der Waals surface area (Å²) in [7, 11) is -3.60. The number of hydrogen-bond acceptors (Lipinski definition) is 4. The Balaban J connectivity index is 2.35. The van der Waals surface area contributed by atoms with Crippen molar-refractivity contribution in [1.29, 1.82) is 0 Å². The molecule has 2 N–H and O–H groups in total. The monoisotopic (exact) mass is 327 g/mol. The Kier molecular flexibility index (Phi) is 4.37. The molecule has 0 saturated carbocycles. The van der Waals surface area contributed by atoms with Crippen LogP contribution in [-0.4, -0.2) is 35.8 Å². The number of nitrogens with zero attached hydrogens (tertiary/aromatic N) is 2. The highest BCUT2D eigenvalue weighted by molar-refractivity contribution is 7.89. The first-order valence-corrected chi connectivity index (χ1v) is 8.74. The van der Waals surface area contributed by atoms with Gasteiger partial charge in [-0.2, -0.15) is 4.31 Å². The molecule has 7 heteroatoms. The largest absolute Gasteiger partial charge is 0.388 e. The Hall–Kier alpha value is -1.05. The van der Waals surface area contributed by atoms with E-state index in [0.29, 0.717) is 19.0 Å². The molecule has 1 aromatic rings. The third-order valence-corrected chi connectivity index (χ3v) is 6.09. The van der Waals surface area contributed by atoms with Gasteiger partial charge in [0, 0.05) is 19.3 Å². The second-order valence-electron chi connectivity index (χ2n) is 6.43. The number of sulfonamides is 1. The number of rotatable bonds is 3. The molecule has 0 spiro atoms.